The molecule has 0 bridgehead atoms. The van der Waals surface area contributed by atoms with Gasteiger partial charge in [0, 0.05) is 17.3 Å². The van der Waals surface area contributed by atoms with Crippen molar-refractivity contribution in [2.75, 3.05) is 11.9 Å². The molecule has 3 heteroatoms. The van der Waals surface area contributed by atoms with Gasteiger partial charge in [-0.1, -0.05) is 43.7 Å². The van der Waals surface area contributed by atoms with Gasteiger partial charge in [0.25, 0.3) is 0 Å². The predicted octanol–water partition coefficient (Wildman–Crippen LogP) is 5.13. The molecule has 0 aliphatic heterocycles. The molecule has 126 valence electrons. The van der Waals surface area contributed by atoms with Gasteiger partial charge in [0.2, 0.25) is 5.91 Å². The maximum Gasteiger partial charge on any atom is 0.248 e. The largest absolute Gasteiger partial charge is 0.493 e. The summed E-state index contributed by atoms with van der Waals surface area (Å²) < 4.78 is 5.78. The van der Waals surface area contributed by atoms with Crippen LogP contribution in [0.5, 0.6) is 5.75 Å². The summed E-state index contributed by atoms with van der Waals surface area (Å²) in [6.07, 6.45) is 5.45. The molecule has 1 amide bonds. The van der Waals surface area contributed by atoms with E-state index in [0.29, 0.717) is 6.61 Å². The van der Waals surface area contributed by atoms with Gasteiger partial charge >= 0.3 is 0 Å². The van der Waals surface area contributed by atoms with Crippen molar-refractivity contribution in [1.29, 1.82) is 0 Å². The number of hydrogen-bond acceptors (Lipinski definition) is 2. The average Bonchev–Trinajstić information content (AvgIpc) is 2.57. The summed E-state index contributed by atoms with van der Waals surface area (Å²) in [5, 5.41) is 2.93. The molecule has 3 nitrogen and oxygen atoms in total. The zero-order valence-electron chi connectivity index (χ0n) is 14.6. The number of nitrogens with one attached hydrogen (secondary N) is 1. The van der Waals surface area contributed by atoms with Crippen LogP contribution in [0.15, 0.2) is 48.5 Å². The van der Waals surface area contributed by atoms with Gasteiger partial charge in [-0.15, -0.1) is 0 Å². The Morgan fingerprint density at radius 3 is 2.75 bits per heavy atom. The van der Waals surface area contributed by atoms with Gasteiger partial charge in [0.15, 0.2) is 0 Å². The van der Waals surface area contributed by atoms with Crippen LogP contribution in [0.2, 0.25) is 0 Å². The molecule has 0 spiro atoms. The fourth-order valence-corrected chi connectivity index (χ4v) is 2.29. The minimum Gasteiger partial charge on any atom is -0.493 e. The Morgan fingerprint density at radius 2 is 1.96 bits per heavy atom. The Kier molecular flexibility index (Phi) is 6.62. The number of hydrogen-bond donors (Lipinski definition) is 1. The molecule has 24 heavy (non-hydrogen) atoms. The van der Waals surface area contributed by atoms with E-state index in [4.69, 9.17) is 4.74 Å². The number of anilines is 1. The van der Waals surface area contributed by atoms with E-state index in [1.165, 1.54) is 0 Å². The van der Waals surface area contributed by atoms with Gasteiger partial charge in [-0.25, -0.2) is 0 Å². The lowest BCUT2D eigenvalue weighted by Gasteiger charge is -2.09. The minimum absolute atomic E-state index is 0.146. The lowest BCUT2D eigenvalue weighted by molar-refractivity contribution is -0.111. The van der Waals surface area contributed by atoms with Crippen LogP contribution in [0.4, 0.5) is 5.69 Å². The van der Waals surface area contributed by atoms with Crippen molar-refractivity contribution >= 4 is 17.7 Å². The standard InChI is InChI=1S/C21H25NO2/c1-4-5-14-24-20-9-7-6-8-18(20)12-13-21(23)22-19-15-16(2)10-11-17(19)3/h6-13,15H,4-5,14H2,1-3H3,(H,22,23). The molecule has 0 atom stereocenters. The van der Waals surface area contributed by atoms with E-state index in [1.807, 2.05) is 56.3 Å². The second-order valence-electron chi connectivity index (χ2n) is 5.88. The molecule has 2 aromatic carbocycles. The molecule has 0 saturated carbocycles. The third-order valence-corrected chi connectivity index (χ3v) is 3.74. The van der Waals surface area contributed by atoms with Crippen molar-refractivity contribution in [2.45, 2.75) is 33.6 Å². The van der Waals surface area contributed by atoms with Crippen LogP contribution in [0.1, 0.15) is 36.5 Å². The van der Waals surface area contributed by atoms with Crippen LogP contribution < -0.4 is 10.1 Å². The van der Waals surface area contributed by atoms with E-state index in [2.05, 4.69) is 12.2 Å². The SMILES string of the molecule is CCCCOc1ccccc1C=CC(=O)Nc1cc(C)ccc1C. The molecule has 0 aliphatic rings. The van der Waals surface area contributed by atoms with E-state index < -0.39 is 0 Å². The van der Waals surface area contributed by atoms with Crippen molar-refractivity contribution in [2.24, 2.45) is 0 Å². The summed E-state index contributed by atoms with van der Waals surface area (Å²) in [6.45, 7) is 6.81. The third kappa shape index (κ3) is 5.27. The molecule has 1 N–H and O–H groups in total. The van der Waals surface area contributed by atoms with Crippen molar-refractivity contribution < 1.29 is 9.53 Å². The molecule has 0 saturated heterocycles. The summed E-state index contributed by atoms with van der Waals surface area (Å²) >= 11 is 0. The maximum absolute atomic E-state index is 12.2. The Hall–Kier alpha value is -2.55. The number of unbranched alkanes of at least 4 members (excludes halogenated alkanes) is 1. The van der Waals surface area contributed by atoms with E-state index in [1.54, 1.807) is 12.2 Å². The molecule has 0 unspecified atom stereocenters. The van der Waals surface area contributed by atoms with E-state index in [-0.39, 0.29) is 5.91 Å². The van der Waals surface area contributed by atoms with Gasteiger partial charge in [-0.2, -0.15) is 0 Å². The minimum atomic E-state index is -0.146. The lowest BCUT2D eigenvalue weighted by Crippen LogP contribution is -2.09. The highest BCUT2D eigenvalue weighted by molar-refractivity contribution is 6.02. The number of rotatable bonds is 7. The predicted molar refractivity (Wildman–Crippen MR) is 100 cm³/mol. The molecular weight excluding hydrogens is 298 g/mol. The zero-order valence-corrected chi connectivity index (χ0v) is 14.6. The van der Waals surface area contributed by atoms with Crippen LogP contribution in [0.25, 0.3) is 6.08 Å². The van der Waals surface area contributed by atoms with Gasteiger partial charge < -0.3 is 10.1 Å². The summed E-state index contributed by atoms with van der Waals surface area (Å²) in [5.74, 6) is 0.661. The number of amides is 1. The Bertz CT molecular complexity index is 720. The van der Waals surface area contributed by atoms with Crippen LogP contribution >= 0.6 is 0 Å². The maximum atomic E-state index is 12.2. The molecule has 0 heterocycles. The summed E-state index contributed by atoms with van der Waals surface area (Å²) in [4.78, 5) is 12.2. The summed E-state index contributed by atoms with van der Waals surface area (Å²) in [7, 11) is 0. The topological polar surface area (TPSA) is 38.3 Å². The normalized spacial score (nSPS) is 10.8. The van der Waals surface area contributed by atoms with Crippen molar-refractivity contribution in [1.82, 2.24) is 0 Å². The molecule has 2 aromatic rings. The quantitative estimate of drug-likeness (QED) is 0.566. The Balaban J connectivity index is 2.04. The Labute approximate surface area is 144 Å². The number of benzene rings is 2. The van der Waals surface area contributed by atoms with Crippen LogP contribution in [0, 0.1) is 13.8 Å². The highest BCUT2D eigenvalue weighted by Crippen LogP contribution is 2.20. The van der Waals surface area contributed by atoms with Crippen molar-refractivity contribution in [3.8, 4) is 5.75 Å². The van der Waals surface area contributed by atoms with Crippen molar-refractivity contribution in [3.05, 3.63) is 65.2 Å². The number of carbonyl (C=O) groups excluding carboxylic acids is 1. The molecule has 0 radical (unpaired) electrons. The highest BCUT2D eigenvalue weighted by atomic mass is 16.5. The van der Waals surface area contributed by atoms with Gasteiger partial charge in [0.05, 0.1) is 6.61 Å². The second-order valence-corrected chi connectivity index (χ2v) is 5.88. The van der Waals surface area contributed by atoms with Crippen LogP contribution in [0.3, 0.4) is 0 Å². The summed E-state index contributed by atoms with van der Waals surface area (Å²) in [5.41, 5.74) is 3.92. The smallest absolute Gasteiger partial charge is 0.248 e. The zero-order chi connectivity index (χ0) is 17.4. The molecule has 2 rings (SSSR count). The van der Waals surface area contributed by atoms with Crippen LogP contribution in [-0.2, 0) is 4.79 Å². The number of ether oxygens (including phenoxy) is 1. The molecular formula is C21H25NO2. The monoisotopic (exact) mass is 323 g/mol. The first-order valence-electron chi connectivity index (χ1n) is 8.38. The van der Waals surface area contributed by atoms with E-state index in [0.717, 1.165) is 41.0 Å². The number of aryl methyl sites for hydroxylation is 2. The van der Waals surface area contributed by atoms with Gasteiger partial charge in [-0.3, -0.25) is 4.79 Å². The van der Waals surface area contributed by atoms with E-state index in [9.17, 15) is 4.79 Å². The van der Waals surface area contributed by atoms with Crippen molar-refractivity contribution in [3.63, 3.8) is 0 Å². The van der Waals surface area contributed by atoms with Crippen LogP contribution in [-0.4, -0.2) is 12.5 Å². The van der Waals surface area contributed by atoms with Gasteiger partial charge in [0.1, 0.15) is 5.75 Å². The van der Waals surface area contributed by atoms with Gasteiger partial charge in [-0.05, 0) is 49.6 Å². The van der Waals surface area contributed by atoms with E-state index >= 15 is 0 Å². The first-order chi connectivity index (χ1) is 11.6. The number of para-hydroxylation sites is 1. The second kappa shape index (κ2) is 8.92. The lowest BCUT2D eigenvalue weighted by atomic mass is 10.1. The third-order valence-electron chi connectivity index (χ3n) is 3.74. The average molecular weight is 323 g/mol. The highest BCUT2D eigenvalue weighted by Gasteiger charge is 2.04. The summed E-state index contributed by atoms with van der Waals surface area (Å²) in [6, 6.07) is 13.8. The molecule has 0 fully saturated rings. The Morgan fingerprint density at radius 1 is 1.17 bits per heavy atom. The first-order valence-corrected chi connectivity index (χ1v) is 8.38. The molecule has 0 aliphatic carbocycles. The fraction of sp³-hybridized carbons (Fsp3) is 0.286. The molecule has 0 aromatic heterocycles. The first kappa shape index (κ1) is 17.8. The number of carbonyl (C=O) groups is 1. The fourth-order valence-electron chi connectivity index (χ4n) is 2.29.